The molecule has 0 N–H and O–H groups in total. The van der Waals surface area contributed by atoms with Gasteiger partial charge >= 0.3 is 5.97 Å². The Morgan fingerprint density at radius 1 is 0.960 bits per heavy atom. The number of unbranched alkanes of at least 4 members (excludes halogenated alkanes) is 1. The topological polar surface area (TPSA) is 63.7 Å². The minimum Gasteiger partial charge on any atom is -0.464 e. The molecule has 0 aromatic heterocycles. The second kappa shape index (κ2) is 8.12. The van der Waals surface area contributed by atoms with Crippen molar-refractivity contribution in [3.05, 3.63) is 31.2 Å². The van der Waals surface area contributed by atoms with Crippen LogP contribution in [0.3, 0.4) is 0 Å². The number of ether oxygens (including phenoxy) is 1. The lowest BCUT2D eigenvalue weighted by molar-refractivity contribution is -0.148. The molecular formula is C16H15Cl4NO4. The maximum absolute atomic E-state index is 12.8. The van der Waals surface area contributed by atoms with Gasteiger partial charge in [0.2, 0.25) is 0 Å². The molecule has 1 atom stereocenters. The Morgan fingerprint density at radius 2 is 1.44 bits per heavy atom. The number of hydrogen-bond donors (Lipinski definition) is 0. The van der Waals surface area contributed by atoms with Gasteiger partial charge in [0, 0.05) is 0 Å². The summed E-state index contributed by atoms with van der Waals surface area (Å²) in [6.07, 6.45) is 1.68. The molecule has 0 saturated heterocycles. The van der Waals surface area contributed by atoms with E-state index in [-0.39, 0.29) is 44.2 Å². The molecule has 5 nitrogen and oxygen atoms in total. The summed E-state index contributed by atoms with van der Waals surface area (Å²) >= 11 is 24.2. The molecule has 0 bridgehead atoms. The second-order valence-electron chi connectivity index (χ2n) is 5.40. The van der Waals surface area contributed by atoms with E-state index >= 15 is 0 Å². The van der Waals surface area contributed by atoms with Crippen molar-refractivity contribution in [2.45, 2.75) is 39.2 Å². The summed E-state index contributed by atoms with van der Waals surface area (Å²) in [5.74, 6) is -2.13. The van der Waals surface area contributed by atoms with Crippen molar-refractivity contribution in [2.75, 3.05) is 6.61 Å². The first-order valence-corrected chi connectivity index (χ1v) is 9.19. The van der Waals surface area contributed by atoms with Crippen molar-refractivity contribution in [1.82, 2.24) is 4.90 Å². The summed E-state index contributed by atoms with van der Waals surface area (Å²) < 4.78 is 5.01. The largest absolute Gasteiger partial charge is 0.464 e. The van der Waals surface area contributed by atoms with Gasteiger partial charge in [-0.3, -0.25) is 14.5 Å². The van der Waals surface area contributed by atoms with Crippen LogP contribution in [-0.4, -0.2) is 35.3 Å². The third kappa shape index (κ3) is 3.47. The van der Waals surface area contributed by atoms with Crippen molar-refractivity contribution >= 4 is 64.2 Å². The smallest absolute Gasteiger partial charge is 0.329 e. The van der Waals surface area contributed by atoms with Crippen LogP contribution in [-0.2, 0) is 9.53 Å². The van der Waals surface area contributed by atoms with Crippen LogP contribution in [0.5, 0.6) is 0 Å². The molecule has 9 heteroatoms. The number of hydrogen-bond acceptors (Lipinski definition) is 4. The zero-order chi connectivity index (χ0) is 18.9. The van der Waals surface area contributed by atoms with Gasteiger partial charge in [-0.1, -0.05) is 66.2 Å². The summed E-state index contributed by atoms with van der Waals surface area (Å²) in [6.45, 7) is 3.70. The van der Waals surface area contributed by atoms with E-state index in [9.17, 15) is 14.4 Å². The van der Waals surface area contributed by atoms with Crippen LogP contribution in [0.1, 0.15) is 53.8 Å². The van der Waals surface area contributed by atoms with Crippen molar-refractivity contribution in [3.8, 4) is 0 Å². The zero-order valence-corrected chi connectivity index (χ0v) is 16.5. The first kappa shape index (κ1) is 20.3. The molecule has 25 heavy (non-hydrogen) atoms. The highest BCUT2D eigenvalue weighted by Crippen LogP contribution is 2.45. The molecule has 0 saturated carbocycles. The lowest BCUT2D eigenvalue weighted by Crippen LogP contribution is -2.45. The van der Waals surface area contributed by atoms with Crippen LogP contribution < -0.4 is 0 Å². The number of halogens is 4. The Kier molecular flexibility index (Phi) is 6.60. The Labute approximate surface area is 165 Å². The first-order valence-electron chi connectivity index (χ1n) is 7.68. The fourth-order valence-corrected chi connectivity index (χ4v) is 3.65. The number of rotatable bonds is 6. The van der Waals surface area contributed by atoms with E-state index in [1.165, 1.54) is 0 Å². The molecule has 0 fully saturated rings. The molecule has 0 radical (unpaired) electrons. The first-order chi connectivity index (χ1) is 11.8. The highest BCUT2D eigenvalue weighted by atomic mass is 35.5. The average Bonchev–Trinajstić information content (AvgIpc) is 2.83. The summed E-state index contributed by atoms with van der Waals surface area (Å²) in [6, 6.07) is -1.06. The number of carbonyl (C=O) groups is 3. The van der Waals surface area contributed by atoms with Crippen LogP contribution >= 0.6 is 46.4 Å². The van der Waals surface area contributed by atoms with Crippen LogP contribution in [0.25, 0.3) is 0 Å². The fourth-order valence-electron chi connectivity index (χ4n) is 2.64. The summed E-state index contributed by atoms with van der Waals surface area (Å²) in [4.78, 5) is 38.8. The third-order valence-electron chi connectivity index (χ3n) is 3.83. The molecule has 1 aliphatic rings. The van der Waals surface area contributed by atoms with Crippen LogP contribution in [0.4, 0.5) is 0 Å². The van der Waals surface area contributed by atoms with Crippen molar-refractivity contribution < 1.29 is 19.1 Å². The van der Waals surface area contributed by atoms with Gasteiger partial charge in [0.1, 0.15) is 6.04 Å². The number of amides is 2. The molecule has 1 aromatic rings. The van der Waals surface area contributed by atoms with Gasteiger partial charge in [-0.05, 0) is 13.3 Å². The molecular weight excluding hydrogens is 412 g/mol. The summed E-state index contributed by atoms with van der Waals surface area (Å²) in [7, 11) is 0. The average molecular weight is 427 g/mol. The van der Waals surface area contributed by atoms with Crippen molar-refractivity contribution in [3.63, 3.8) is 0 Å². The zero-order valence-electron chi connectivity index (χ0n) is 13.5. The number of carbonyl (C=O) groups excluding carboxylic acids is 3. The van der Waals surface area contributed by atoms with Crippen LogP contribution in [0, 0.1) is 0 Å². The molecule has 1 heterocycles. The van der Waals surface area contributed by atoms with Gasteiger partial charge in [0.15, 0.2) is 0 Å². The molecule has 0 spiro atoms. The lowest BCUT2D eigenvalue weighted by Gasteiger charge is -2.24. The van der Waals surface area contributed by atoms with Gasteiger partial charge in [-0.15, -0.1) is 0 Å². The van der Waals surface area contributed by atoms with Crippen molar-refractivity contribution in [1.29, 1.82) is 0 Å². The van der Waals surface area contributed by atoms with E-state index < -0.39 is 23.8 Å². The summed E-state index contributed by atoms with van der Waals surface area (Å²) in [5, 5.41) is -0.553. The normalized spacial score (nSPS) is 14.7. The highest BCUT2D eigenvalue weighted by molar-refractivity contribution is 6.55. The molecule has 1 aromatic carbocycles. The molecule has 0 aliphatic carbocycles. The standard InChI is InChI=1S/C16H15Cl4NO4/c1-3-5-6-7(16(24)25-4-2)21-14(22)8-9(15(21)23)11(18)13(20)12(19)10(8)17/h7H,3-6H2,1-2H3/t7-/m1/s1. The predicted molar refractivity (Wildman–Crippen MR) is 96.9 cm³/mol. The number of imide groups is 1. The molecule has 0 unspecified atom stereocenters. The van der Waals surface area contributed by atoms with Gasteiger partial charge in [-0.2, -0.15) is 0 Å². The van der Waals surface area contributed by atoms with E-state index in [0.29, 0.717) is 6.42 Å². The Balaban J connectivity index is 2.55. The quantitative estimate of drug-likeness (QED) is 0.277. The van der Waals surface area contributed by atoms with Crippen LogP contribution in [0.2, 0.25) is 20.1 Å². The minimum atomic E-state index is -1.06. The third-order valence-corrected chi connectivity index (χ3v) is 5.64. The number of fused-ring (bicyclic) bond motifs is 1. The monoisotopic (exact) mass is 425 g/mol. The fraction of sp³-hybridized carbons (Fsp3) is 0.438. The maximum atomic E-state index is 12.8. The maximum Gasteiger partial charge on any atom is 0.329 e. The van der Waals surface area contributed by atoms with E-state index in [2.05, 4.69) is 0 Å². The Morgan fingerprint density at radius 3 is 1.84 bits per heavy atom. The summed E-state index contributed by atoms with van der Waals surface area (Å²) in [5.41, 5.74) is -0.284. The molecule has 1 aliphatic heterocycles. The second-order valence-corrected chi connectivity index (χ2v) is 6.91. The van der Waals surface area contributed by atoms with Crippen molar-refractivity contribution in [2.24, 2.45) is 0 Å². The predicted octanol–water partition coefficient (Wildman–Crippen LogP) is 5.02. The SMILES string of the molecule is CCCC[C@H](C(=O)OCC)N1C(=O)c2c(Cl)c(Cl)c(Cl)c(Cl)c2C1=O. The molecule has 2 rings (SSSR count). The van der Waals surface area contributed by atoms with Gasteiger partial charge in [-0.25, -0.2) is 4.79 Å². The number of benzene rings is 1. The Bertz CT molecular complexity index is 703. The van der Waals surface area contributed by atoms with Gasteiger partial charge < -0.3 is 4.74 Å². The Hall–Kier alpha value is -1.01. The minimum absolute atomic E-state index is 0.115. The lowest BCUT2D eigenvalue weighted by atomic mass is 10.1. The van der Waals surface area contributed by atoms with E-state index in [0.717, 1.165) is 11.3 Å². The van der Waals surface area contributed by atoms with E-state index in [1.807, 2.05) is 6.92 Å². The molecule has 2 amide bonds. The van der Waals surface area contributed by atoms with Gasteiger partial charge in [0.25, 0.3) is 11.8 Å². The van der Waals surface area contributed by atoms with E-state index in [4.69, 9.17) is 51.1 Å². The molecule has 136 valence electrons. The van der Waals surface area contributed by atoms with Gasteiger partial charge in [0.05, 0.1) is 37.8 Å². The highest BCUT2D eigenvalue weighted by Gasteiger charge is 2.46. The van der Waals surface area contributed by atoms with Crippen LogP contribution in [0.15, 0.2) is 0 Å². The number of nitrogens with zero attached hydrogens (tertiary/aromatic N) is 1. The van der Waals surface area contributed by atoms with E-state index in [1.54, 1.807) is 6.92 Å². The number of esters is 1.